The van der Waals surface area contributed by atoms with Crippen molar-refractivity contribution < 1.29 is 10.2 Å². The molecule has 0 amide bonds. The Labute approximate surface area is 86.3 Å². The van der Waals surface area contributed by atoms with Crippen LogP contribution in [0.15, 0.2) is 36.5 Å². The lowest BCUT2D eigenvalue weighted by Gasteiger charge is -1.88. The maximum absolute atomic E-state index is 8.46. The lowest BCUT2D eigenvalue weighted by atomic mass is 10.2. The molecule has 0 rings (SSSR count). The molecule has 80 valence electrons. The highest BCUT2D eigenvalue weighted by molar-refractivity contribution is 4.90. The lowest BCUT2D eigenvalue weighted by Crippen LogP contribution is -1.72. The van der Waals surface area contributed by atoms with Crippen LogP contribution in [0.5, 0.6) is 0 Å². The highest BCUT2D eigenvalue weighted by atomic mass is 16.3. The molecule has 0 aromatic heterocycles. The van der Waals surface area contributed by atoms with Crippen molar-refractivity contribution >= 4 is 0 Å². The number of hydrogen-bond acceptors (Lipinski definition) is 2. The molecule has 0 atom stereocenters. The van der Waals surface area contributed by atoms with Gasteiger partial charge >= 0.3 is 0 Å². The zero-order chi connectivity index (χ0) is 10.5. The lowest BCUT2D eigenvalue weighted by molar-refractivity contribution is 0.342. The molecular weight excluding hydrogens is 176 g/mol. The molecule has 14 heavy (non-hydrogen) atoms. The summed E-state index contributed by atoms with van der Waals surface area (Å²) in [5.41, 5.74) is 0. The van der Waals surface area contributed by atoms with Gasteiger partial charge in [-0.3, -0.25) is 0 Å². The molecular formula is C12H20O2. The van der Waals surface area contributed by atoms with Crippen molar-refractivity contribution in [3.8, 4) is 0 Å². The highest BCUT2D eigenvalue weighted by Crippen LogP contribution is 1.97. The maximum atomic E-state index is 8.46. The van der Waals surface area contributed by atoms with Crippen LogP contribution in [0.2, 0.25) is 0 Å². The number of hydrogen-bond donors (Lipinski definition) is 2. The van der Waals surface area contributed by atoms with Crippen LogP contribution in [0, 0.1) is 0 Å². The van der Waals surface area contributed by atoms with Gasteiger partial charge in [-0.2, -0.15) is 0 Å². The van der Waals surface area contributed by atoms with E-state index in [4.69, 9.17) is 10.2 Å². The fourth-order valence-corrected chi connectivity index (χ4v) is 1.01. The Morgan fingerprint density at radius 2 is 0.786 bits per heavy atom. The average Bonchev–Trinajstić information content (AvgIpc) is 2.21. The zero-order valence-electron chi connectivity index (χ0n) is 8.60. The molecule has 0 saturated carbocycles. The summed E-state index contributed by atoms with van der Waals surface area (Å²) in [5.74, 6) is 0. The first-order valence-electron chi connectivity index (χ1n) is 5.08. The molecule has 0 aromatic rings. The summed E-state index contributed by atoms with van der Waals surface area (Å²) in [6, 6.07) is 0. The minimum atomic E-state index is 0.135. The van der Waals surface area contributed by atoms with E-state index in [-0.39, 0.29) is 13.2 Å². The summed E-state index contributed by atoms with van der Waals surface area (Å²) in [6.07, 6.45) is 15.8. The zero-order valence-corrected chi connectivity index (χ0v) is 8.60. The predicted molar refractivity (Wildman–Crippen MR) is 60.1 cm³/mol. The smallest absolute Gasteiger partial charge is 0.0612 e. The first-order valence-corrected chi connectivity index (χ1v) is 5.08. The second-order valence-corrected chi connectivity index (χ2v) is 2.93. The average molecular weight is 196 g/mol. The van der Waals surface area contributed by atoms with Crippen molar-refractivity contribution in [2.24, 2.45) is 0 Å². The van der Waals surface area contributed by atoms with Crippen molar-refractivity contribution in [3.63, 3.8) is 0 Å². The highest BCUT2D eigenvalue weighted by Gasteiger charge is 1.78. The van der Waals surface area contributed by atoms with Crippen molar-refractivity contribution in [1.82, 2.24) is 0 Å². The van der Waals surface area contributed by atoms with Crippen molar-refractivity contribution in [2.75, 3.05) is 13.2 Å². The van der Waals surface area contributed by atoms with Gasteiger partial charge in [0.15, 0.2) is 0 Å². The van der Waals surface area contributed by atoms with Crippen LogP contribution in [0.1, 0.15) is 25.7 Å². The van der Waals surface area contributed by atoms with Crippen LogP contribution in [0.4, 0.5) is 0 Å². The number of unbranched alkanes of at least 4 members (excludes halogenated alkanes) is 2. The third kappa shape index (κ3) is 11.1. The van der Waals surface area contributed by atoms with E-state index in [0.29, 0.717) is 0 Å². The molecule has 0 aromatic carbocycles. The largest absolute Gasteiger partial charge is 0.392 e. The maximum Gasteiger partial charge on any atom is 0.0612 e. The van der Waals surface area contributed by atoms with E-state index in [2.05, 4.69) is 12.2 Å². The van der Waals surface area contributed by atoms with E-state index in [1.54, 1.807) is 12.2 Å². The standard InChI is InChI=1S/C12H20O2/c13-11-9-7-5-3-1-2-4-6-8-10-12-14/h1-2,7-10,13-14H,3-6,11-12H2/b2-1-,9-7+,10-8+. The summed E-state index contributed by atoms with van der Waals surface area (Å²) in [5, 5.41) is 16.9. The quantitative estimate of drug-likeness (QED) is 0.461. The third-order valence-electron chi connectivity index (χ3n) is 1.71. The molecule has 2 nitrogen and oxygen atoms in total. The van der Waals surface area contributed by atoms with E-state index in [9.17, 15) is 0 Å². The van der Waals surface area contributed by atoms with Gasteiger partial charge in [-0.15, -0.1) is 0 Å². The molecule has 0 heterocycles. The third-order valence-corrected chi connectivity index (χ3v) is 1.71. The van der Waals surface area contributed by atoms with E-state index in [1.807, 2.05) is 12.2 Å². The minimum absolute atomic E-state index is 0.135. The SMILES string of the molecule is OC/C=C/CC/C=C\CC/C=C/CO. The summed E-state index contributed by atoms with van der Waals surface area (Å²) in [6.45, 7) is 0.269. The van der Waals surface area contributed by atoms with Crippen LogP contribution in [-0.2, 0) is 0 Å². The van der Waals surface area contributed by atoms with Crippen LogP contribution >= 0.6 is 0 Å². The van der Waals surface area contributed by atoms with Gasteiger partial charge in [0.05, 0.1) is 13.2 Å². The minimum Gasteiger partial charge on any atom is -0.392 e. The van der Waals surface area contributed by atoms with Crippen LogP contribution in [0.25, 0.3) is 0 Å². The molecule has 0 aliphatic heterocycles. The Balaban J connectivity index is 3.19. The second kappa shape index (κ2) is 12.1. The van der Waals surface area contributed by atoms with Crippen molar-refractivity contribution in [2.45, 2.75) is 25.7 Å². The van der Waals surface area contributed by atoms with Gasteiger partial charge in [0.25, 0.3) is 0 Å². The first-order chi connectivity index (χ1) is 6.91. The van der Waals surface area contributed by atoms with Gasteiger partial charge in [0.2, 0.25) is 0 Å². The van der Waals surface area contributed by atoms with Gasteiger partial charge in [-0.25, -0.2) is 0 Å². The van der Waals surface area contributed by atoms with Crippen molar-refractivity contribution in [3.05, 3.63) is 36.5 Å². The van der Waals surface area contributed by atoms with E-state index in [0.717, 1.165) is 25.7 Å². The molecule has 0 unspecified atom stereocenters. The fraction of sp³-hybridized carbons (Fsp3) is 0.500. The van der Waals surface area contributed by atoms with Crippen LogP contribution in [-0.4, -0.2) is 23.4 Å². The van der Waals surface area contributed by atoms with Gasteiger partial charge in [-0.1, -0.05) is 36.5 Å². The second-order valence-electron chi connectivity index (χ2n) is 2.93. The Bertz CT molecular complexity index is 161. The van der Waals surface area contributed by atoms with E-state index >= 15 is 0 Å². The molecule has 2 heteroatoms. The fourth-order valence-electron chi connectivity index (χ4n) is 1.01. The number of rotatable bonds is 8. The molecule has 0 aliphatic rings. The van der Waals surface area contributed by atoms with Crippen LogP contribution in [0.3, 0.4) is 0 Å². The topological polar surface area (TPSA) is 40.5 Å². The molecule has 0 aliphatic carbocycles. The normalized spacial score (nSPS) is 12.4. The van der Waals surface area contributed by atoms with Gasteiger partial charge in [0, 0.05) is 0 Å². The summed E-state index contributed by atoms with van der Waals surface area (Å²) in [7, 11) is 0. The summed E-state index contributed by atoms with van der Waals surface area (Å²) in [4.78, 5) is 0. The Kier molecular flexibility index (Phi) is 11.4. The molecule has 0 radical (unpaired) electrons. The molecule has 0 fully saturated rings. The monoisotopic (exact) mass is 196 g/mol. The van der Waals surface area contributed by atoms with E-state index in [1.165, 1.54) is 0 Å². The Hall–Kier alpha value is -0.860. The number of allylic oxidation sites excluding steroid dienone is 4. The Morgan fingerprint density at radius 1 is 0.500 bits per heavy atom. The Morgan fingerprint density at radius 3 is 1.07 bits per heavy atom. The van der Waals surface area contributed by atoms with Crippen molar-refractivity contribution in [1.29, 1.82) is 0 Å². The number of aliphatic hydroxyl groups is 2. The summed E-state index contributed by atoms with van der Waals surface area (Å²) < 4.78 is 0. The van der Waals surface area contributed by atoms with Gasteiger partial charge in [-0.05, 0) is 25.7 Å². The molecule has 0 bridgehead atoms. The van der Waals surface area contributed by atoms with Crippen LogP contribution < -0.4 is 0 Å². The van der Waals surface area contributed by atoms with E-state index < -0.39 is 0 Å². The number of aliphatic hydroxyl groups excluding tert-OH is 2. The summed E-state index contributed by atoms with van der Waals surface area (Å²) >= 11 is 0. The molecule has 2 N–H and O–H groups in total. The van der Waals surface area contributed by atoms with Gasteiger partial charge in [0.1, 0.15) is 0 Å². The van der Waals surface area contributed by atoms with Gasteiger partial charge < -0.3 is 10.2 Å². The molecule has 0 saturated heterocycles. The molecule has 0 spiro atoms. The predicted octanol–water partition coefficient (Wildman–Crippen LogP) is 2.20. The first kappa shape index (κ1) is 13.1.